The van der Waals surface area contributed by atoms with Gasteiger partial charge in [0.25, 0.3) is 11.6 Å². The van der Waals surface area contributed by atoms with Crippen LogP contribution >= 0.6 is 0 Å². The third kappa shape index (κ3) is 2.79. The summed E-state index contributed by atoms with van der Waals surface area (Å²) in [5.41, 5.74) is 1.36. The molecule has 0 bridgehead atoms. The lowest BCUT2D eigenvalue weighted by Gasteiger charge is -2.19. The van der Waals surface area contributed by atoms with Crippen LogP contribution in [0.4, 0.5) is 5.69 Å². The first-order valence-corrected chi connectivity index (χ1v) is 7.51. The fourth-order valence-corrected chi connectivity index (χ4v) is 2.60. The van der Waals surface area contributed by atoms with Gasteiger partial charge in [-0.05, 0) is 32.8 Å². The van der Waals surface area contributed by atoms with E-state index in [1.807, 2.05) is 6.92 Å². The molecule has 0 N–H and O–H groups in total. The van der Waals surface area contributed by atoms with Gasteiger partial charge in [-0.15, -0.1) is 5.10 Å². The molecule has 1 aromatic heterocycles. The molecule has 23 heavy (non-hydrogen) atoms. The van der Waals surface area contributed by atoms with Gasteiger partial charge < -0.3 is 4.90 Å². The maximum Gasteiger partial charge on any atom is 0.276 e. The van der Waals surface area contributed by atoms with Crippen molar-refractivity contribution in [3.05, 3.63) is 45.8 Å². The van der Waals surface area contributed by atoms with Crippen LogP contribution in [-0.4, -0.2) is 43.3 Å². The summed E-state index contributed by atoms with van der Waals surface area (Å²) in [6.07, 6.45) is 2.05. The number of nitro groups is 1. The molecule has 0 spiro atoms. The molecule has 8 heteroatoms. The summed E-state index contributed by atoms with van der Waals surface area (Å²) in [6, 6.07) is 6.40. The predicted octanol–water partition coefficient (Wildman–Crippen LogP) is 2.11. The van der Waals surface area contributed by atoms with E-state index in [2.05, 4.69) is 10.3 Å². The van der Waals surface area contributed by atoms with Crippen molar-refractivity contribution in [2.75, 3.05) is 6.54 Å². The number of nitro benzene ring substituents is 1. The van der Waals surface area contributed by atoms with Crippen molar-refractivity contribution in [2.45, 2.75) is 32.7 Å². The van der Waals surface area contributed by atoms with Crippen molar-refractivity contribution in [1.82, 2.24) is 19.9 Å². The van der Waals surface area contributed by atoms with Crippen molar-refractivity contribution in [1.29, 1.82) is 0 Å². The molecule has 120 valence electrons. The number of hydrogen-bond donors (Lipinski definition) is 0. The Labute approximate surface area is 132 Å². The summed E-state index contributed by atoms with van der Waals surface area (Å²) >= 11 is 0. The highest BCUT2D eigenvalue weighted by molar-refractivity contribution is 5.93. The molecule has 1 amide bonds. The molecule has 3 rings (SSSR count). The van der Waals surface area contributed by atoms with Crippen LogP contribution in [0.2, 0.25) is 0 Å². The quantitative estimate of drug-likeness (QED) is 0.622. The zero-order valence-corrected chi connectivity index (χ0v) is 13.0. The van der Waals surface area contributed by atoms with Gasteiger partial charge in [-0.25, -0.2) is 4.68 Å². The number of hydrogen-bond acceptors (Lipinski definition) is 5. The van der Waals surface area contributed by atoms with Gasteiger partial charge in [-0.2, -0.15) is 0 Å². The lowest BCUT2D eigenvalue weighted by Crippen LogP contribution is -2.33. The van der Waals surface area contributed by atoms with Crippen LogP contribution in [-0.2, 0) is 0 Å². The van der Waals surface area contributed by atoms with E-state index >= 15 is 0 Å². The zero-order valence-electron chi connectivity index (χ0n) is 13.0. The van der Waals surface area contributed by atoms with E-state index in [0.29, 0.717) is 29.7 Å². The van der Waals surface area contributed by atoms with E-state index in [1.165, 1.54) is 16.8 Å². The summed E-state index contributed by atoms with van der Waals surface area (Å²) in [6.45, 7) is 4.32. The Kier molecular flexibility index (Phi) is 3.81. The van der Waals surface area contributed by atoms with Crippen molar-refractivity contribution < 1.29 is 9.72 Å². The highest BCUT2D eigenvalue weighted by atomic mass is 16.6. The van der Waals surface area contributed by atoms with Crippen LogP contribution in [0.3, 0.4) is 0 Å². The predicted molar refractivity (Wildman–Crippen MR) is 82.5 cm³/mol. The number of amides is 1. The van der Waals surface area contributed by atoms with Gasteiger partial charge in [0.05, 0.1) is 16.3 Å². The second-order valence-corrected chi connectivity index (χ2v) is 5.53. The number of benzene rings is 1. The molecule has 0 radical (unpaired) electrons. The maximum absolute atomic E-state index is 12.6. The van der Waals surface area contributed by atoms with E-state index < -0.39 is 4.92 Å². The van der Waals surface area contributed by atoms with E-state index in [4.69, 9.17) is 0 Å². The highest BCUT2D eigenvalue weighted by Gasteiger charge is 2.34. The molecule has 2 aromatic rings. The zero-order chi connectivity index (χ0) is 16.6. The maximum atomic E-state index is 12.6. The van der Waals surface area contributed by atoms with Gasteiger partial charge >= 0.3 is 0 Å². The van der Waals surface area contributed by atoms with Gasteiger partial charge in [-0.1, -0.05) is 11.3 Å². The average Bonchev–Trinajstić information content (AvgIpc) is 3.30. The summed E-state index contributed by atoms with van der Waals surface area (Å²) in [5, 5.41) is 18.9. The van der Waals surface area contributed by atoms with Crippen LogP contribution in [0.15, 0.2) is 24.3 Å². The van der Waals surface area contributed by atoms with Crippen LogP contribution < -0.4 is 0 Å². The molecule has 1 aliphatic rings. The average molecular weight is 315 g/mol. The van der Waals surface area contributed by atoms with Crippen LogP contribution in [0, 0.1) is 17.0 Å². The SMILES string of the molecule is CCN(C(=O)c1nnn(-c2cccc([N+](=O)[O-])c2)c1C)C1CC1. The molecule has 0 aliphatic heterocycles. The van der Waals surface area contributed by atoms with E-state index in [0.717, 1.165) is 12.8 Å². The third-order valence-corrected chi connectivity index (χ3v) is 3.97. The minimum Gasteiger partial charge on any atom is -0.334 e. The van der Waals surface area contributed by atoms with Crippen molar-refractivity contribution >= 4 is 11.6 Å². The minimum atomic E-state index is -0.465. The molecule has 0 saturated heterocycles. The lowest BCUT2D eigenvalue weighted by molar-refractivity contribution is -0.384. The first kappa shape index (κ1) is 15.1. The van der Waals surface area contributed by atoms with Gasteiger partial charge in [0, 0.05) is 24.7 Å². The van der Waals surface area contributed by atoms with Crippen molar-refractivity contribution in [3.8, 4) is 5.69 Å². The van der Waals surface area contributed by atoms with Crippen LogP contribution in [0.1, 0.15) is 35.9 Å². The van der Waals surface area contributed by atoms with Crippen molar-refractivity contribution in [3.63, 3.8) is 0 Å². The number of carbonyl (C=O) groups is 1. The summed E-state index contributed by atoms with van der Waals surface area (Å²) < 4.78 is 1.46. The summed E-state index contributed by atoms with van der Waals surface area (Å²) in [7, 11) is 0. The minimum absolute atomic E-state index is 0.0292. The molecular formula is C15H17N5O3. The first-order valence-electron chi connectivity index (χ1n) is 7.51. The second kappa shape index (κ2) is 5.79. The van der Waals surface area contributed by atoms with Crippen molar-refractivity contribution in [2.24, 2.45) is 0 Å². The van der Waals surface area contributed by atoms with Crippen LogP contribution in [0.25, 0.3) is 5.69 Å². The Morgan fingerprint density at radius 1 is 1.48 bits per heavy atom. The van der Waals surface area contributed by atoms with E-state index in [1.54, 1.807) is 24.0 Å². The molecule has 0 unspecified atom stereocenters. The van der Waals surface area contributed by atoms with E-state index in [9.17, 15) is 14.9 Å². The molecule has 8 nitrogen and oxygen atoms in total. The summed E-state index contributed by atoms with van der Waals surface area (Å²) in [4.78, 5) is 24.8. The topological polar surface area (TPSA) is 94.2 Å². The van der Waals surface area contributed by atoms with Gasteiger partial charge in [0.15, 0.2) is 5.69 Å². The normalized spacial score (nSPS) is 13.8. The molecule has 1 fully saturated rings. The number of aromatic nitrogens is 3. The fourth-order valence-electron chi connectivity index (χ4n) is 2.60. The Hall–Kier alpha value is -2.77. The van der Waals surface area contributed by atoms with Gasteiger partial charge in [0.2, 0.25) is 0 Å². The smallest absolute Gasteiger partial charge is 0.276 e. The monoisotopic (exact) mass is 315 g/mol. The molecule has 1 aromatic carbocycles. The van der Waals surface area contributed by atoms with Crippen LogP contribution in [0.5, 0.6) is 0 Å². The number of rotatable bonds is 5. The van der Waals surface area contributed by atoms with Gasteiger partial charge in [-0.3, -0.25) is 14.9 Å². The highest BCUT2D eigenvalue weighted by Crippen LogP contribution is 2.28. The number of nitrogens with zero attached hydrogens (tertiary/aromatic N) is 5. The third-order valence-electron chi connectivity index (χ3n) is 3.97. The van der Waals surface area contributed by atoms with E-state index in [-0.39, 0.29) is 11.6 Å². The Balaban J connectivity index is 1.94. The molecule has 1 aliphatic carbocycles. The Morgan fingerprint density at radius 2 is 2.22 bits per heavy atom. The largest absolute Gasteiger partial charge is 0.334 e. The molecule has 1 heterocycles. The molecule has 1 saturated carbocycles. The standard InChI is InChI=1S/C15H17N5O3/c1-3-18(11-7-8-11)15(21)14-10(2)19(17-16-14)12-5-4-6-13(9-12)20(22)23/h4-6,9,11H,3,7-8H2,1-2H3. The first-order chi connectivity index (χ1) is 11.0. The number of non-ortho nitro benzene ring substituents is 1. The fraction of sp³-hybridized carbons (Fsp3) is 0.400. The lowest BCUT2D eigenvalue weighted by atomic mass is 10.2. The second-order valence-electron chi connectivity index (χ2n) is 5.53. The Morgan fingerprint density at radius 3 is 2.83 bits per heavy atom. The Bertz CT molecular complexity index is 766. The number of carbonyl (C=O) groups excluding carboxylic acids is 1. The summed E-state index contributed by atoms with van der Waals surface area (Å²) in [5.74, 6) is -0.135. The molecular weight excluding hydrogens is 298 g/mol. The molecule has 0 atom stereocenters. The van der Waals surface area contributed by atoms with Gasteiger partial charge in [0.1, 0.15) is 0 Å².